The maximum atomic E-state index is 15.4. The number of rotatable bonds is 25. The lowest BCUT2D eigenvalue weighted by Crippen LogP contribution is -2.32. The highest BCUT2D eigenvalue weighted by molar-refractivity contribution is 6.68. The molecular formula is C76H92Cl3F14N11O16. The first-order valence-corrected chi connectivity index (χ1v) is 36.7. The normalized spacial score (nSPS) is 16.1. The summed E-state index contributed by atoms with van der Waals surface area (Å²) in [6, 6.07) is 11.8. The summed E-state index contributed by atoms with van der Waals surface area (Å²) >= 11 is 16.8. The molecule has 3 aromatic heterocycles. The fourth-order valence-electron chi connectivity index (χ4n) is 11.1. The van der Waals surface area contributed by atoms with Gasteiger partial charge in [-0.2, -0.15) is 53.6 Å². The van der Waals surface area contributed by atoms with E-state index in [1.807, 2.05) is 0 Å². The Balaban J connectivity index is 0.000000355. The van der Waals surface area contributed by atoms with Crippen molar-refractivity contribution in [1.29, 1.82) is 0 Å². The van der Waals surface area contributed by atoms with E-state index in [0.29, 0.717) is 98.2 Å². The Labute approximate surface area is 693 Å². The van der Waals surface area contributed by atoms with E-state index in [-0.39, 0.29) is 102 Å². The molecule has 0 aliphatic carbocycles. The lowest BCUT2D eigenvalue weighted by molar-refractivity contribution is -0.189. The van der Waals surface area contributed by atoms with Gasteiger partial charge in [-0.05, 0) is 153 Å². The summed E-state index contributed by atoms with van der Waals surface area (Å²) in [5.41, 5.74) is -1.41. The van der Waals surface area contributed by atoms with Gasteiger partial charge in [0.25, 0.3) is 11.1 Å². The third-order valence-electron chi connectivity index (χ3n) is 17.4. The zero-order chi connectivity index (χ0) is 85.4. The van der Waals surface area contributed by atoms with Crippen molar-refractivity contribution in [3.05, 3.63) is 178 Å². The molecule has 1 amide bonds. The van der Waals surface area contributed by atoms with Gasteiger partial charge in [-0.1, -0.05) is 65.0 Å². The van der Waals surface area contributed by atoms with Gasteiger partial charge in [0.2, 0.25) is 0 Å². The number of aromatic carboxylic acids is 1. The number of hydrogen-bond donors (Lipinski definition) is 3. The van der Waals surface area contributed by atoms with Crippen LogP contribution in [0.25, 0.3) is 17.1 Å². The van der Waals surface area contributed by atoms with Crippen LogP contribution in [0, 0.1) is 29.1 Å². The van der Waals surface area contributed by atoms with Crippen LogP contribution in [-0.2, 0) is 67.9 Å². The lowest BCUT2D eigenvalue weighted by Gasteiger charge is -2.22. The van der Waals surface area contributed by atoms with Crippen molar-refractivity contribution in [3.63, 3.8) is 0 Å². The number of carboxylic acid groups (broad SMARTS) is 1. The van der Waals surface area contributed by atoms with Crippen LogP contribution in [0.15, 0.2) is 87.2 Å². The number of amides is 1. The zero-order valence-corrected chi connectivity index (χ0v) is 64.5. The predicted molar refractivity (Wildman–Crippen MR) is 413 cm³/mol. The lowest BCUT2D eigenvalue weighted by atomic mass is 10.1. The first kappa shape index (κ1) is 103. The van der Waals surface area contributed by atoms with Crippen LogP contribution in [0.1, 0.15) is 178 Å². The van der Waals surface area contributed by atoms with Crippen LogP contribution in [0.3, 0.4) is 0 Å². The molecule has 0 radical (unpaired) electrons. The molecule has 44 heteroatoms. The summed E-state index contributed by atoms with van der Waals surface area (Å²) in [6.07, 6.45) is -15.5. The minimum atomic E-state index is -4.86. The minimum absolute atomic E-state index is 0. The molecule has 666 valence electrons. The average molecular weight is 1790 g/mol. The number of hydrogen-bond acceptors (Lipinski definition) is 19. The van der Waals surface area contributed by atoms with Crippen LogP contribution in [0.2, 0.25) is 10.0 Å². The number of nitrogens with two attached hydrogens (primary N) is 1. The Hall–Kier alpha value is -9.62. The molecule has 27 nitrogen and oxygen atoms in total. The number of alkyl halides is 9. The fraction of sp³-hybridized carbons (Fsp3) is 0.487. The second-order valence-electron chi connectivity index (χ2n) is 25.5. The third kappa shape index (κ3) is 26.4. The number of anilines is 2. The number of halogens is 17. The Bertz CT molecular complexity index is 4740. The molecule has 0 saturated carbocycles. The Morgan fingerprint density at radius 2 is 0.817 bits per heavy atom. The van der Waals surface area contributed by atoms with Crippen LogP contribution in [-0.4, -0.2) is 141 Å². The molecule has 11 rings (SSSR count). The Morgan fingerprint density at radius 1 is 0.500 bits per heavy atom. The summed E-state index contributed by atoms with van der Waals surface area (Å²) < 4.78 is 243. The van der Waals surface area contributed by atoms with E-state index in [2.05, 4.69) is 20.6 Å². The monoisotopic (exact) mass is 1790 g/mol. The van der Waals surface area contributed by atoms with Crippen molar-refractivity contribution >= 4 is 63.3 Å². The molecule has 6 atom stereocenters. The molecule has 0 bridgehead atoms. The van der Waals surface area contributed by atoms with Gasteiger partial charge in [0.15, 0.2) is 54.7 Å². The Morgan fingerprint density at radius 3 is 1.11 bits per heavy atom. The molecule has 3 saturated heterocycles. The van der Waals surface area contributed by atoms with Crippen molar-refractivity contribution < 1.29 is 124 Å². The van der Waals surface area contributed by atoms with E-state index in [9.17, 15) is 90.9 Å². The first-order chi connectivity index (χ1) is 54.7. The summed E-state index contributed by atoms with van der Waals surface area (Å²) in [7, 11) is 0. The van der Waals surface area contributed by atoms with Gasteiger partial charge in [0, 0.05) is 57.7 Å². The van der Waals surface area contributed by atoms with Gasteiger partial charge in [0.1, 0.15) is 88.8 Å². The molecule has 3 aliphatic heterocycles. The average Bonchev–Trinajstić information content (AvgIpc) is 1.58. The quantitative estimate of drug-likeness (QED) is 0.0272. The van der Waals surface area contributed by atoms with E-state index >= 15 is 4.39 Å². The van der Waals surface area contributed by atoms with Crippen LogP contribution in [0.4, 0.5) is 72.8 Å². The molecule has 0 spiro atoms. The number of carboxylic acids is 1. The number of aromatic nitrogens is 9. The minimum Gasteiger partial charge on any atom is -0.480 e. The highest BCUT2D eigenvalue weighted by Gasteiger charge is 2.42. The molecule has 120 heavy (non-hydrogen) atoms. The summed E-state index contributed by atoms with van der Waals surface area (Å²) in [6.45, 7) is 8.73. The number of nitrogens with zero attached hydrogens (tertiary/aromatic N) is 9. The highest BCUT2D eigenvalue weighted by atomic mass is 35.5. The van der Waals surface area contributed by atoms with Crippen molar-refractivity contribution in [1.82, 2.24) is 43.0 Å². The number of carbonyl (C=O) groups excluding carboxylic acids is 2. The molecule has 3 aliphatic rings. The molecule has 5 aromatic carbocycles. The summed E-state index contributed by atoms with van der Waals surface area (Å²) in [5, 5.41) is 22.5. The standard InChI is InChI=1S/C26H26ClF5N4O5.C20H22ClF4N3O5.C20H23F4N3O6.C6H5ClFN.4CH4/c1-3-35-21(13-40-22-9-4-5-10-39-22)34-36(25(35)38)19-12-20(41-14(2)26(30,31)32)15(11-18(19)29)24(37)33-23-16(27)7-6-8-17(23)28;1-3-27-16(10-32-17-6-4-5-7-31-17)26-28(19(27)30)14-9-15(33-11(2)20(23,24)25)12(18(21)29)8-13(14)22;1-3-26-16(10-32-17-6-4-5-7-31-17)25-27(19(26)30)14-9-15(33-11(2)20(22,23)24)12(18(28)29)8-13(14)21;7-4-2-1-3-5(8)6(4)9;;;;/h6-8,11-12,14,22H,3-5,9-10,13H2,1-2H3,(H,33,37);8-9,11,17H,3-7,10H2,1-2H3;8-9,11,17H,3-7,10H2,1-2H3,(H,28,29);1-3H,9H2;4*1H4/t14-,22?;2*11-,17?;;;;;/m000...../s1. The van der Waals surface area contributed by atoms with E-state index in [1.54, 1.807) is 26.8 Å². The van der Waals surface area contributed by atoms with Crippen molar-refractivity contribution in [2.75, 3.05) is 30.9 Å². The van der Waals surface area contributed by atoms with Gasteiger partial charge in [-0.15, -0.1) is 15.3 Å². The zero-order valence-electron chi connectivity index (χ0n) is 62.2. The van der Waals surface area contributed by atoms with E-state index in [4.69, 9.17) is 83.2 Å². The van der Waals surface area contributed by atoms with Gasteiger partial charge in [-0.3, -0.25) is 23.3 Å². The van der Waals surface area contributed by atoms with Crippen molar-refractivity contribution in [2.45, 2.75) is 224 Å². The SMILES string of the molecule is C.C.C.C.CCn1c(COC2CCCCO2)nn(-c2cc(O[C@@H](C)C(F)(F)F)c(C(=O)Cl)cc2F)c1=O.CCn1c(COC2CCCCO2)nn(-c2cc(O[C@@H](C)C(F)(F)F)c(C(=O)Nc3c(F)cccc3Cl)cc2F)c1=O.CCn1c(COC2CCCCO2)nn(-c2cc(O[C@@H](C)C(F)(F)F)c(C(=O)O)cc2F)c1=O.Nc1c(F)cccc1Cl. The van der Waals surface area contributed by atoms with E-state index in [0.717, 1.165) is 56.7 Å². The molecule has 3 unspecified atom stereocenters. The van der Waals surface area contributed by atoms with E-state index < -0.39 is 176 Å². The number of para-hydroxylation sites is 2. The van der Waals surface area contributed by atoms with Gasteiger partial charge < -0.3 is 58.8 Å². The summed E-state index contributed by atoms with van der Waals surface area (Å²) in [5.74, 6) is -9.47. The van der Waals surface area contributed by atoms with Crippen LogP contribution in [0.5, 0.6) is 17.2 Å². The second-order valence-corrected chi connectivity index (χ2v) is 26.6. The fourth-order valence-corrected chi connectivity index (χ4v) is 11.6. The number of ether oxygens (including phenoxy) is 9. The van der Waals surface area contributed by atoms with Crippen molar-refractivity contribution in [2.24, 2.45) is 0 Å². The van der Waals surface area contributed by atoms with Gasteiger partial charge in [0.05, 0.1) is 32.5 Å². The summed E-state index contributed by atoms with van der Waals surface area (Å²) in [4.78, 5) is 74.8. The smallest absolute Gasteiger partial charge is 0.425 e. The Kier molecular flexibility index (Phi) is 38.8. The van der Waals surface area contributed by atoms with Crippen molar-refractivity contribution in [3.8, 4) is 34.3 Å². The molecule has 8 aromatic rings. The maximum absolute atomic E-state index is 15.4. The molecule has 3 fully saturated rings. The van der Waals surface area contributed by atoms with Gasteiger partial charge >= 0.3 is 41.6 Å². The largest absolute Gasteiger partial charge is 0.480 e. The number of carbonyl (C=O) groups is 3. The van der Waals surface area contributed by atoms with E-state index in [1.165, 1.54) is 38.0 Å². The number of nitrogen functional groups attached to an aromatic ring is 1. The third-order valence-corrected chi connectivity index (χ3v) is 18.2. The predicted octanol–water partition coefficient (Wildman–Crippen LogP) is 17.4. The molecule has 6 heterocycles. The van der Waals surface area contributed by atoms with Crippen LogP contribution >= 0.6 is 34.8 Å². The molecule has 4 N–H and O–H groups in total. The maximum Gasteiger partial charge on any atom is 0.425 e. The first-order valence-electron chi connectivity index (χ1n) is 35.5. The van der Waals surface area contributed by atoms with Crippen LogP contribution < -0.4 is 42.3 Å². The molecular weight excluding hydrogens is 1700 g/mol. The topological polar surface area (TPSA) is 312 Å². The number of nitrogens with one attached hydrogen (secondary N) is 1. The second kappa shape index (κ2) is 45.3. The highest BCUT2D eigenvalue weighted by Crippen LogP contribution is 2.36. The number of benzene rings is 5. The van der Waals surface area contributed by atoms with Gasteiger partial charge in [-0.25, -0.2) is 41.1 Å².